The Morgan fingerprint density at radius 1 is 1.10 bits per heavy atom. The zero-order valence-corrected chi connectivity index (χ0v) is 18.2. The fourth-order valence-electron chi connectivity index (χ4n) is 5.64. The molecule has 0 aromatic carbocycles. The molecule has 31 heavy (non-hydrogen) atoms. The minimum Gasteiger partial charge on any atom is -0.376 e. The number of nitrogens with one attached hydrogen (secondary N) is 2. The summed E-state index contributed by atoms with van der Waals surface area (Å²) < 4.78 is 11.5. The largest absolute Gasteiger partial charge is 0.376 e. The summed E-state index contributed by atoms with van der Waals surface area (Å²) >= 11 is 0. The van der Waals surface area contributed by atoms with Crippen molar-refractivity contribution in [1.82, 2.24) is 10.6 Å². The van der Waals surface area contributed by atoms with Crippen molar-refractivity contribution in [2.45, 2.75) is 44.6 Å². The van der Waals surface area contributed by atoms with E-state index in [0.717, 1.165) is 12.8 Å². The van der Waals surface area contributed by atoms with Crippen LogP contribution in [0.1, 0.15) is 32.6 Å². The third kappa shape index (κ3) is 5.89. The fourth-order valence-corrected chi connectivity index (χ4v) is 5.64. The number of hydrogen-bond acceptors (Lipinski definition) is 7. The molecule has 0 aromatic rings. The predicted octanol–water partition coefficient (Wildman–Crippen LogP) is 2.02. The van der Waals surface area contributed by atoms with E-state index in [1.54, 1.807) is 6.92 Å². The number of rotatable bonds is 12. The zero-order valence-electron chi connectivity index (χ0n) is 18.2. The van der Waals surface area contributed by atoms with Gasteiger partial charge in [0.25, 0.3) is 0 Å². The molecule has 0 saturated heterocycles. The van der Waals surface area contributed by atoms with Crippen LogP contribution in [0.25, 0.3) is 0 Å². The van der Waals surface area contributed by atoms with E-state index in [9.17, 15) is 10.2 Å². The van der Waals surface area contributed by atoms with Crippen molar-refractivity contribution in [3.05, 3.63) is 36.2 Å². The molecular weight excluding hydrogens is 394 g/mol. The van der Waals surface area contributed by atoms with Crippen LogP contribution in [0.2, 0.25) is 0 Å². The SMILES string of the molecule is CC(O)(COCC1CC2C=CC1C2)N/C(=C/C#N)NC(O)COCC1CC2C=CC1C2. The summed E-state index contributed by atoms with van der Waals surface area (Å²) in [4.78, 5) is 0. The van der Waals surface area contributed by atoms with E-state index in [0.29, 0.717) is 48.7 Å². The van der Waals surface area contributed by atoms with Crippen LogP contribution < -0.4 is 10.6 Å². The standard InChI is InChI=1S/C24H35N3O4/c1-24(29,15-31-13-21-11-17-3-5-19(21)9-17)27-22(6-7-25)26-23(28)14-30-12-20-10-16-2-4-18(20)8-16/h2-6,16-21,23,26-29H,8-15H2,1H3/b22-6+. The average Bonchev–Trinajstić information content (AvgIpc) is 3.49. The van der Waals surface area contributed by atoms with Crippen LogP contribution in [0.5, 0.6) is 0 Å². The summed E-state index contributed by atoms with van der Waals surface area (Å²) in [6.45, 7) is 3.02. The molecule has 170 valence electrons. The Kier molecular flexibility index (Phi) is 7.02. The highest BCUT2D eigenvalue weighted by Gasteiger charge is 2.36. The Balaban J connectivity index is 1.16. The van der Waals surface area contributed by atoms with Gasteiger partial charge in [-0.3, -0.25) is 0 Å². The van der Waals surface area contributed by atoms with E-state index < -0.39 is 12.0 Å². The lowest BCUT2D eigenvalue weighted by Crippen LogP contribution is -2.50. The van der Waals surface area contributed by atoms with Gasteiger partial charge in [0.05, 0.1) is 38.6 Å². The second-order valence-corrected chi connectivity index (χ2v) is 9.88. The maximum atomic E-state index is 10.7. The van der Waals surface area contributed by atoms with Gasteiger partial charge in [0.15, 0.2) is 5.72 Å². The first-order chi connectivity index (χ1) is 14.9. The van der Waals surface area contributed by atoms with Crippen molar-refractivity contribution in [2.75, 3.05) is 26.4 Å². The highest BCUT2D eigenvalue weighted by molar-refractivity contribution is 5.13. The maximum absolute atomic E-state index is 10.7. The zero-order chi connectivity index (χ0) is 21.8. The van der Waals surface area contributed by atoms with E-state index in [1.165, 1.54) is 18.9 Å². The van der Waals surface area contributed by atoms with Crippen molar-refractivity contribution in [1.29, 1.82) is 5.26 Å². The third-order valence-electron chi connectivity index (χ3n) is 7.09. The van der Waals surface area contributed by atoms with Crippen molar-refractivity contribution in [3.63, 3.8) is 0 Å². The second-order valence-electron chi connectivity index (χ2n) is 9.88. The highest BCUT2D eigenvalue weighted by atomic mass is 16.5. The van der Waals surface area contributed by atoms with E-state index in [1.807, 2.05) is 6.07 Å². The molecule has 8 unspecified atom stereocenters. The second kappa shape index (κ2) is 9.74. The van der Waals surface area contributed by atoms with Crippen LogP contribution in [-0.4, -0.2) is 48.6 Å². The molecule has 4 rings (SSSR count). The van der Waals surface area contributed by atoms with Crippen LogP contribution in [0, 0.1) is 46.8 Å². The lowest BCUT2D eigenvalue weighted by Gasteiger charge is -2.29. The first-order valence-electron chi connectivity index (χ1n) is 11.5. The quantitative estimate of drug-likeness (QED) is 0.214. The normalized spacial score (nSPS) is 35.9. The topological polar surface area (TPSA) is 107 Å². The van der Waals surface area contributed by atoms with Crippen molar-refractivity contribution < 1.29 is 19.7 Å². The smallest absolute Gasteiger partial charge is 0.157 e. The molecule has 7 nitrogen and oxygen atoms in total. The van der Waals surface area contributed by atoms with Gasteiger partial charge in [-0.2, -0.15) is 5.26 Å². The van der Waals surface area contributed by atoms with Crippen LogP contribution >= 0.6 is 0 Å². The molecule has 0 amide bonds. The third-order valence-corrected chi connectivity index (χ3v) is 7.09. The van der Waals surface area contributed by atoms with Gasteiger partial charge < -0.3 is 30.3 Å². The fraction of sp³-hybridized carbons (Fsp3) is 0.708. The molecule has 8 atom stereocenters. The van der Waals surface area contributed by atoms with E-state index >= 15 is 0 Å². The molecule has 7 heteroatoms. The number of nitrogens with zero attached hydrogens (tertiary/aromatic N) is 1. The first kappa shape index (κ1) is 22.3. The van der Waals surface area contributed by atoms with E-state index in [4.69, 9.17) is 14.7 Å². The summed E-state index contributed by atoms with van der Waals surface area (Å²) in [7, 11) is 0. The molecule has 4 N–H and O–H groups in total. The number of allylic oxidation sites excluding steroid dienone is 5. The van der Waals surface area contributed by atoms with Gasteiger partial charge in [-0.15, -0.1) is 0 Å². The number of aliphatic hydroxyl groups is 2. The number of hydrogen-bond donors (Lipinski definition) is 4. The van der Waals surface area contributed by atoms with Gasteiger partial charge in [-0.1, -0.05) is 24.3 Å². The molecular formula is C24H35N3O4. The Hall–Kier alpha value is -1.85. The van der Waals surface area contributed by atoms with Gasteiger partial charge in [0.1, 0.15) is 12.0 Å². The lowest BCUT2D eigenvalue weighted by atomic mass is 9.95. The van der Waals surface area contributed by atoms with Crippen LogP contribution in [0.15, 0.2) is 36.2 Å². The van der Waals surface area contributed by atoms with Gasteiger partial charge >= 0.3 is 0 Å². The Morgan fingerprint density at radius 3 is 2.23 bits per heavy atom. The van der Waals surface area contributed by atoms with E-state index in [2.05, 4.69) is 34.9 Å². The first-order valence-corrected chi connectivity index (χ1v) is 11.5. The Morgan fingerprint density at radius 2 is 1.71 bits per heavy atom. The summed E-state index contributed by atoms with van der Waals surface area (Å²) in [6, 6.07) is 1.93. The molecule has 0 aliphatic heterocycles. The number of ether oxygens (including phenoxy) is 2. The molecule has 2 fully saturated rings. The lowest BCUT2D eigenvalue weighted by molar-refractivity contribution is -0.0624. The monoisotopic (exact) mass is 429 g/mol. The van der Waals surface area contributed by atoms with Crippen molar-refractivity contribution >= 4 is 0 Å². The van der Waals surface area contributed by atoms with Crippen molar-refractivity contribution in [2.24, 2.45) is 35.5 Å². The van der Waals surface area contributed by atoms with Crippen LogP contribution in [0.4, 0.5) is 0 Å². The summed E-state index contributed by atoms with van der Waals surface area (Å²) in [5.74, 6) is 3.87. The molecule has 4 aliphatic carbocycles. The van der Waals surface area contributed by atoms with Crippen LogP contribution in [0.3, 0.4) is 0 Å². The highest BCUT2D eigenvalue weighted by Crippen LogP contribution is 2.44. The van der Waals surface area contributed by atoms with Crippen LogP contribution in [-0.2, 0) is 9.47 Å². The Labute approximate surface area is 184 Å². The Bertz CT molecular complexity index is 756. The molecule has 0 radical (unpaired) electrons. The molecule has 2 saturated carbocycles. The summed E-state index contributed by atoms with van der Waals surface area (Å²) in [5.41, 5.74) is -1.38. The molecule has 0 heterocycles. The molecule has 4 bridgehead atoms. The van der Waals surface area contributed by atoms with E-state index in [-0.39, 0.29) is 19.0 Å². The minimum atomic E-state index is -1.38. The number of aliphatic hydroxyl groups excluding tert-OH is 1. The average molecular weight is 430 g/mol. The van der Waals surface area contributed by atoms with Crippen molar-refractivity contribution in [3.8, 4) is 6.07 Å². The molecule has 4 aliphatic rings. The van der Waals surface area contributed by atoms with Gasteiger partial charge in [0, 0.05) is 0 Å². The number of nitriles is 1. The summed E-state index contributed by atoms with van der Waals surface area (Å²) in [6.07, 6.45) is 14.2. The minimum absolute atomic E-state index is 0.0827. The molecule has 0 spiro atoms. The van der Waals surface area contributed by atoms with Gasteiger partial charge in [-0.05, 0) is 68.1 Å². The maximum Gasteiger partial charge on any atom is 0.157 e. The predicted molar refractivity (Wildman–Crippen MR) is 116 cm³/mol. The number of fused-ring (bicyclic) bond motifs is 4. The summed E-state index contributed by atoms with van der Waals surface area (Å²) in [5, 5.41) is 35.6. The molecule has 0 aromatic heterocycles. The van der Waals surface area contributed by atoms with Gasteiger partial charge in [0.2, 0.25) is 0 Å². The van der Waals surface area contributed by atoms with Gasteiger partial charge in [-0.25, -0.2) is 0 Å².